The number of nitrogens with zero attached hydrogens (tertiary/aromatic N) is 1. The van der Waals surface area contributed by atoms with Crippen LogP contribution < -0.4 is 0 Å². The highest BCUT2D eigenvalue weighted by Gasteiger charge is 2.01. The molecule has 18 heavy (non-hydrogen) atoms. The van der Waals surface area contributed by atoms with E-state index in [2.05, 4.69) is 4.99 Å². The predicted molar refractivity (Wildman–Crippen MR) is 66.7 cm³/mol. The minimum Gasteiger partial charge on any atom is -0.507 e. The van der Waals surface area contributed by atoms with Crippen molar-refractivity contribution in [2.45, 2.75) is 0 Å². The van der Waals surface area contributed by atoms with Crippen LogP contribution in [0.25, 0.3) is 0 Å². The molecule has 0 radical (unpaired) electrons. The fraction of sp³-hybridized carbons (Fsp3) is 0. The SMILES string of the molecule is Oc1ccc(F)cc1C=Nc1ccc(F)c(Cl)c1. The Morgan fingerprint density at radius 1 is 1.11 bits per heavy atom. The lowest BCUT2D eigenvalue weighted by molar-refractivity contribution is 0.472. The minimum atomic E-state index is -0.538. The van der Waals surface area contributed by atoms with Crippen LogP contribution in [-0.4, -0.2) is 11.3 Å². The van der Waals surface area contributed by atoms with Gasteiger partial charge in [0.15, 0.2) is 0 Å². The van der Waals surface area contributed by atoms with E-state index in [0.29, 0.717) is 5.69 Å². The zero-order valence-corrected chi connectivity index (χ0v) is 9.83. The van der Waals surface area contributed by atoms with E-state index < -0.39 is 11.6 Å². The molecule has 0 bridgehead atoms. The van der Waals surface area contributed by atoms with Gasteiger partial charge in [0.1, 0.15) is 17.4 Å². The molecule has 0 aliphatic carbocycles. The Morgan fingerprint density at radius 3 is 2.61 bits per heavy atom. The van der Waals surface area contributed by atoms with E-state index in [9.17, 15) is 13.9 Å². The summed E-state index contributed by atoms with van der Waals surface area (Å²) in [7, 11) is 0. The van der Waals surface area contributed by atoms with Gasteiger partial charge in [-0.25, -0.2) is 8.78 Å². The number of hydrogen-bond donors (Lipinski definition) is 1. The summed E-state index contributed by atoms with van der Waals surface area (Å²) in [5, 5.41) is 9.42. The second kappa shape index (κ2) is 5.14. The van der Waals surface area contributed by atoms with E-state index in [-0.39, 0.29) is 16.3 Å². The Hall–Kier alpha value is -1.94. The van der Waals surface area contributed by atoms with Crippen molar-refractivity contribution in [2.75, 3.05) is 0 Å². The van der Waals surface area contributed by atoms with Gasteiger partial charge in [0.25, 0.3) is 0 Å². The summed E-state index contributed by atoms with van der Waals surface area (Å²) in [4.78, 5) is 3.98. The van der Waals surface area contributed by atoms with Gasteiger partial charge in [0.05, 0.1) is 10.7 Å². The van der Waals surface area contributed by atoms with Crippen LogP contribution in [-0.2, 0) is 0 Å². The fourth-order valence-corrected chi connectivity index (χ4v) is 1.51. The summed E-state index contributed by atoms with van der Waals surface area (Å²) in [5.41, 5.74) is 0.639. The van der Waals surface area contributed by atoms with E-state index in [1.165, 1.54) is 30.5 Å². The highest BCUT2D eigenvalue weighted by molar-refractivity contribution is 6.31. The zero-order valence-electron chi connectivity index (χ0n) is 9.07. The molecule has 0 saturated heterocycles. The minimum absolute atomic E-state index is 0.0480. The van der Waals surface area contributed by atoms with E-state index in [1.807, 2.05) is 0 Å². The molecule has 2 rings (SSSR count). The van der Waals surface area contributed by atoms with Crippen molar-refractivity contribution in [3.05, 3.63) is 58.6 Å². The normalized spacial score (nSPS) is 11.1. The molecule has 0 aliphatic rings. The van der Waals surface area contributed by atoms with Crippen molar-refractivity contribution in [3.8, 4) is 5.75 Å². The third-order valence-corrected chi connectivity index (χ3v) is 2.54. The number of aliphatic imine (C=N–C) groups is 1. The lowest BCUT2D eigenvalue weighted by atomic mass is 10.2. The van der Waals surface area contributed by atoms with E-state index in [4.69, 9.17) is 11.6 Å². The average Bonchev–Trinajstić information content (AvgIpc) is 2.34. The summed E-state index contributed by atoms with van der Waals surface area (Å²) >= 11 is 5.59. The van der Waals surface area contributed by atoms with Crippen LogP contribution >= 0.6 is 11.6 Å². The first-order valence-electron chi connectivity index (χ1n) is 5.04. The molecule has 0 fully saturated rings. The van der Waals surface area contributed by atoms with Crippen LogP contribution in [0.5, 0.6) is 5.75 Å². The molecule has 0 spiro atoms. The molecule has 5 heteroatoms. The Morgan fingerprint density at radius 2 is 1.89 bits per heavy atom. The summed E-state index contributed by atoms with van der Waals surface area (Å²) in [5.74, 6) is -1.11. The van der Waals surface area contributed by atoms with Crippen molar-refractivity contribution in [2.24, 2.45) is 4.99 Å². The maximum absolute atomic E-state index is 12.9. The van der Waals surface area contributed by atoms with E-state index >= 15 is 0 Å². The van der Waals surface area contributed by atoms with Gasteiger partial charge in [-0.15, -0.1) is 0 Å². The number of rotatable bonds is 2. The van der Waals surface area contributed by atoms with Gasteiger partial charge in [-0.3, -0.25) is 4.99 Å². The van der Waals surface area contributed by atoms with Crippen LogP contribution in [0.1, 0.15) is 5.56 Å². The molecular formula is C13H8ClF2NO. The fourth-order valence-electron chi connectivity index (χ4n) is 1.34. The van der Waals surface area contributed by atoms with Gasteiger partial charge in [0.2, 0.25) is 0 Å². The molecule has 0 unspecified atom stereocenters. The first-order valence-corrected chi connectivity index (χ1v) is 5.42. The highest BCUT2D eigenvalue weighted by atomic mass is 35.5. The molecule has 0 saturated carbocycles. The van der Waals surface area contributed by atoms with Crippen molar-refractivity contribution >= 4 is 23.5 Å². The van der Waals surface area contributed by atoms with Crippen LogP contribution in [0.4, 0.5) is 14.5 Å². The molecule has 0 atom stereocenters. The number of aromatic hydroxyl groups is 1. The molecule has 0 amide bonds. The van der Waals surface area contributed by atoms with Crippen LogP contribution in [0, 0.1) is 11.6 Å². The molecule has 1 N–H and O–H groups in total. The highest BCUT2D eigenvalue weighted by Crippen LogP contribution is 2.22. The Labute approximate surface area is 107 Å². The number of benzene rings is 2. The van der Waals surface area contributed by atoms with Gasteiger partial charge in [-0.1, -0.05) is 11.6 Å². The van der Waals surface area contributed by atoms with Gasteiger partial charge in [-0.05, 0) is 36.4 Å². The summed E-state index contributed by atoms with van der Waals surface area (Å²) in [6.45, 7) is 0. The van der Waals surface area contributed by atoms with Gasteiger partial charge in [-0.2, -0.15) is 0 Å². The molecule has 2 aromatic rings. The van der Waals surface area contributed by atoms with Crippen molar-refractivity contribution in [1.29, 1.82) is 0 Å². The van der Waals surface area contributed by atoms with Crippen LogP contribution in [0.2, 0.25) is 5.02 Å². The quantitative estimate of drug-likeness (QED) is 0.817. The first-order chi connectivity index (χ1) is 8.56. The van der Waals surface area contributed by atoms with E-state index in [1.54, 1.807) is 0 Å². The van der Waals surface area contributed by atoms with Gasteiger partial charge in [0, 0.05) is 11.8 Å². The number of halogens is 3. The second-order valence-electron chi connectivity index (χ2n) is 3.56. The van der Waals surface area contributed by atoms with Crippen molar-refractivity contribution in [1.82, 2.24) is 0 Å². The summed E-state index contributed by atoms with van der Waals surface area (Å²) in [6.07, 6.45) is 1.28. The Bertz CT molecular complexity index is 614. The van der Waals surface area contributed by atoms with Crippen molar-refractivity contribution < 1.29 is 13.9 Å². The maximum atomic E-state index is 12.9. The largest absolute Gasteiger partial charge is 0.507 e. The molecular weight excluding hydrogens is 260 g/mol. The Kier molecular flexibility index (Phi) is 3.58. The second-order valence-corrected chi connectivity index (χ2v) is 3.97. The standard InChI is InChI=1S/C13H8ClF2NO/c14-11-6-10(2-3-12(11)16)17-7-8-5-9(15)1-4-13(8)18/h1-7,18H. The monoisotopic (exact) mass is 267 g/mol. The van der Waals surface area contributed by atoms with Gasteiger partial charge >= 0.3 is 0 Å². The third kappa shape index (κ3) is 2.84. The molecule has 0 aromatic heterocycles. The lowest BCUT2D eigenvalue weighted by Gasteiger charge is -1.99. The topological polar surface area (TPSA) is 32.6 Å². The molecule has 2 aromatic carbocycles. The van der Waals surface area contributed by atoms with Gasteiger partial charge < -0.3 is 5.11 Å². The lowest BCUT2D eigenvalue weighted by Crippen LogP contribution is -1.84. The smallest absolute Gasteiger partial charge is 0.141 e. The van der Waals surface area contributed by atoms with Crippen molar-refractivity contribution in [3.63, 3.8) is 0 Å². The molecule has 2 nitrogen and oxygen atoms in total. The summed E-state index contributed by atoms with van der Waals surface area (Å²) < 4.78 is 25.9. The zero-order chi connectivity index (χ0) is 13.1. The third-order valence-electron chi connectivity index (χ3n) is 2.25. The number of phenols is 1. The maximum Gasteiger partial charge on any atom is 0.141 e. The van der Waals surface area contributed by atoms with Crippen LogP contribution in [0.3, 0.4) is 0 Å². The average molecular weight is 268 g/mol. The first kappa shape index (κ1) is 12.5. The molecule has 0 aliphatic heterocycles. The van der Waals surface area contributed by atoms with E-state index in [0.717, 1.165) is 12.1 Å². The number of hydrogen-bond acceptors (Lipinski definition) is 2. The Balaban J connectivity index is 2.29. The molecule has 92 valence electrons. The molecule has 0 heterocycles. The summed E-state index contributed by atoms with van der Waals surface area (Å²) in [6, 6.07) is 7.46. The predicted octanol–water partition coefficient (Wildman–Crippen LogP) is 4.07. The van der Waals surface area contributed by atoms with Crippen LogP contribution in [0.15, 0.2) is 41.4 Å². The number of phenolic OH excluding ortho intramolecular Hbond substituents is 1.